The van der Waals surface area contributed by atoms with Crippen LogP contribution in [0.1, 0.15) is 39.0 Å². The number of hydrogen-bond acceptors (Lipinski definition) is 4. The van der Waals surface area contributed by atoms with Gasteiger partial charge in [-0.1, -0.05) is 6.92 Å². The van der Waals surface area contributed by atoms with Crippen molar-refractivity contribution in [3.8, 4) is 0 Å². The van der Waals surface area contributed by atoms with Crippen LogP contribution in [0, 0.1) is 0 Å². The number of ether oxygens (including phenoxy) is 1. The molecule has 0 spiro atoms. The molecule has 2 heterocycles. The first-order chi connectivity index (χ1) is 9.63. The molecule has 2 saturated heterocycles. The zero-order valence-corrected chi connectivity index (χ0v) is 12.1. The molecule has 3 N–H and O–H groups in total. The molecule has 2 amide bonds. The number of likely N-dealkylation sites (tertiary alicyclic amines) is 1. The van der Waals surface area contributed by atoms with Crippen molar-refractivity contribution >= 4 is 11.8 Å². The summed E-state index contributed by atoms with van der Waals surface area (Å²) in [4.78, 5) is 25.7. The van der Waals surface area contributed by atoms with Crippen molar-refractivity contribution in [3.63, 3.8) is 0 Å². The average Bonchev–Trinajstić information content (AvgIpc) is 2.95. The van der Waals surface area contributed by atoms with Gasteiger partial charge in [-0.2, -0.15) is 0 Å². The van der Waals surface area contributed by atoms with Gasteiger partial charge in [-0.15, -0.1) is 0 Å². The van der Waals surface area contributed by atoms with Gasteiger partial charge in [-0.25, -0.2) is 0 Å². The van der Waals surface area contributed by atoms with E-state index in [4.69, 9.17) is 10.5 Å². The first-order valence-electron chi connectivity index (χ1n) is 7.57. The van der Waals surface area contributed by atoms with E-state index in [1.807, 2.05) is 11.8 Å². The third-order valence-electron chi connectivity index (χ3n) is 4.07. The van der Waals surface area contributed by atoms with E-state index in [0.717, 1.165) is 32.2 Å². The van der Waals surface area contributed by atoms with Crippen LogP contribution >= 0.6 is 0 Å². The maximum atomic E-state index is 12.4. The minimum atomic E-state index is -0.343. The summed E-state index contributed by atoms with van der Waals surface area (Å²) in [5.41, 5.74) is 5.57. The van der Waals surface area contributed by atoms with Gasteiger partial charge >= 0.3 is 0 Å². The Morgan fingerprint density at radius 3 is 2.80 bits per heavy atom. The molecule has 0 bridgehead atoms. The van der Waals surface area contributed by atoms with E-state index in [1.165, 1.54) is 0 Å². The third-order valence-corrected chi connectivity index (χ3v) is 4.07. The van der Waals surface area contributed by atoms with Crippen molar-refractivity contribution < 1.29 is 14.3 Å². The normalized spacial score (nSPS) is 30.3. The maximum absolute atomic E-state index is 12.4. The summed E-state index contributed by atoms with van der Waals surface area (Å²) >= 11 is 0. The zero-order valence-electron chi connectivity index (χ0n) is 12.1. The second-order valence-corrected chi connectivity index (χ2v) is 5.60. The Kier molecular flexibility index (Phi) is 5.37. The largest absolute Gasteiger partial charge is 0.364 e. The molecule has 114 valence electrons. The van der Waals surface area contributed by atoms with Crippen LogP contribution < -0.4 is 11.1 Å². The van der Waals surface area contributed by atoms with Crippen LogP contribution in [0.4, 0.5) is 0 Å². The van der Waals surface area contributed by atoms with Crippen molar-refractivity contribution in [2.75, 3.05) is 19.6 Å². The number of piperidine rings is 1. The van der Waals surface area contributed by atoms with E-state index in [-0.39, 0.29) is 30.1 Å². The monoisotopic (exact) mass is 283 g/mol. The Labute approximate surface area is 120 Å². The molecule has 0 aromatic heterocycles. The predicted octanol–water partition coefficient (Wildman–Crippen LogP) is 0.00990. The van der Waals surface area contributed by atoms with E-state index in [0.29, 0.717) is 19.5 Å². The Balaban J connectivity index is 1.85. The first kappa shape index (κ1) is 15.3. The van der Waals surface area contributed by atoms with E-state index in [2.05, 4.69) is 5.32 Å². The lowest BCUT2D eigenvalue weighted by molar-refractivity contribution is -0.144. The van der Waals surface area contributed by atoms with E-state index >= 15 is 0 Å². The molecule has 6 heteroatoms. The number of nitrogens with two attached hydrogens (primary N) is 1. The lowest BCUT2D eigenvalue weighted by Gasteiger charge is -2.34. The van der Waals surface area contributed by atoms with Crippen molar-refractivity contribution in [2.45, 2.75) is 57.3 Å². The van der Waals surface area contributed by atoms with Gasteiger partial charge in [0.25, 0.3) is 5.91 Å². The Hall–Kier alpha value is -1.14. The van der Waals surface area contributed by atoms with Gasteiger partial charge < -0.3 is 20.7 Å². The number of hydrogen-bond donors (Lipinski definition) is 2. The highest BCUT2D eigenvalue weighted by Crippen LogP contribution is 2.22. The lowest BCUT2D eigenvalue weighted by atomic mass is 10.0. The summed E-state index contributed by atoms with van der Waals surface area (Å²) in [6.45, 7) is 3.65. The second-order valence-electron chi connectivity index (χ2n) is 5.60. The smallest absolute Gasteiger partial charge is 0.251 e. The summed E-state index contributed by atoms with van der Waals surface area (Å²) in [5.74, 6) is 0.0982. The molecule has 2 rings (SSSR count). The fourth-order valence-electron chi connectivity index (χ4n) is 2.89. The number of rotatable bonds is 4. The fraction of sp³-hybridized carbons (Fsp3) is 0.857. The Morgan fingerprint density at radius 2 is 2.15 bits per heavy atom. The van der Waals surface area contributed by atoms with Gasteiger partial charge in [0.15, 0.2) is 0 Å². The molecule has 2 aliphatic heterocycles. The molecular formula is C14H25N3O3. The van der Waals surface area contributed by atoms with Gasteiger partial charge in [0.05, 0.1) is 6.10 Å². The summed E-state index contributed by atoms with van der Waals surface area (Å²) in [5, 5.41) is 2.97. The summed E-state index contributed by atoms with van der Waals surface area (Å²) in [7, 11) is 0. The van der Waals surface area contributed by atoms with Gasteiger partial charge in [0.1, 0.15) is 6.10 Å². The van der Waals surface area contributed by atoms with Crippen molar-refractivity contribution in [1.82, 2.24) is 10.2 Å². The highest BCUT2D eigenvalue weighted by molar-refractivity contribution is 5.81. The highest BCUT2D eigenvalue weighted by Gasteiger charge is 2.34. The molecule has 2 fully saturated rings. The van der Waals surface area contributed by atoms with Crippen molar-refractivity contribution in [2.24, 2.45) is 5.73 Å². The number of nitrogens with one attached hydrogen (secondary N) is 1. The van der Waals surface area contributed by atoms with Crippen LogP contribution in [-0.2, 0) is 14.3 Å². The van der Waals surface area contributed by atoms with E-state index in [9.17, 15) is 9.59 Å². The highest BCUT2D eigenvalue weighted by atomic mass is 16.5. The van der Waals surface area contributed by atoms with Gasteiger partial charge in [-0.3, -0.25) is 9.59 Å². The third kappa shape index (κ3) is 3.70. The summed E-state index contributed by atoms with van der Waals surface area (Å²) in [6.07, 6.45) is 3.63. The summed E-state index contributed by atoms with van der Waals surface area (Å²) < 4.78 is 5.66. The molecule has 20 heavy (non-hydrogen) atoms. The maximum Gasteiger partial charge on any atom is 0.251 e. The SMILES string of the molecule is CCC(=O)NC1CCCN(C(=O)[C@@H]2CC[C@H](CN)O2)C1. The molecular weight excluding hydrogens is 258 g/mol. The molecule has 6 nitrogen and oxygen atoms in total. The van der Waals surface area contributed by atoms with Gasteiger partial charge in [0.2, 0.25) is 5.91 Å². The quantitative estimate of drug-likeness (QED) is 0.761. The standard InChI is InChI=1S/C14H25N3O3/c1-2-13(18)16-10-4-3-7-17(9-10)14(19)12-6-5-11(8-15)20-12/h10-12H,2-9,15H2,1H3,(H,16,18)/t10?,11-,12+/m1/s1. The van der Waals surface area contributed by atoms with Crippen LogP contribution in [-0.4, -0.2) is 54.6 Å². The topological polar surface area (TPSA) is 84.7 Å². The lowest BCUT2D eigenvalue weighted by Crippen LogP contribution is -2.51. The summed E-state index contributed by atoms with van der Waals surface area (Å²) in [6, 6.07) is 0.0758. The molecule has 0 aliphatic carbocycles. The Morgan fingerprint density at radius 1 is 1.35 bits per heavy atom. The first-order valence-corrected chi connectivity index (χ1v) is 7.57. The van der Waals surface area contributed by atoms with Crippen molar-refractivity contribution in [1.29, 1.82) is 0 Å². The second kappa shape index (κ2) is 7.04. The number of carbonyl (C=O) groups is 2. The molecule has 1 unspecified atom stereocenters. The molecule has 2 aliphatic rings. The molecule has 0 aromatic carbocycles. The van der Waals surface area contributed by atoms with Crippen molar-refractivity contribution in [3.05, 3.63) is 0 Å². The minimum Gasteiger partial charge on any atom is -0.364 e. The average molecular weight is 283 g/mol. The van der Waals surface area contributed by atoms with Gasteiger partial charge in [-0.05, 0) is 25.7 Å². The number of amides is 2. The van der Waals surface area contributed by atoms with Crippen LogP contribution in [0.5, 0.6) is 0 Å². The predicted molar refractivity (Wildman–Crippen MR) is 75.0 cm³/mol. The van der Waals surface area contributed by atoms with E-state index < -0.39 is 0 Å². The van der Waals surface area contributed by atoms with E-state index in [1.54, 1.807) is 0 Å². The zero-order chi connectivity index (χ0) is 14.5. The molecule has 0 radical (unpaired) electrons. The minimum absolute atomic E-state index is 0.0179. The van der Waals surface area contributed by atoms with Crippen LogP contribution in [0.2, 0.25) is 0 Å². The van der Waals surface area contributed by atoms with Crippen LogP contribution in [0.25, 0.3) is 0 Å². The Bertz CT molecular complexity index is 362. The van der Waals surface area contributed by atoms with Crippen LogP contribution in [0.3, 0.4) is 0 Å². The molecule has 0 saturated carbocycles. The van der Waals surface area contributed by atoms with Crippen LogP contribution in [0.15, 0.2) is 0 Å². The molecule has 3 atom stereocenters. The fourth-order valence-corrected chi connectivity index (χ4v) is 2.89. The number of carbonyl (C=O) groups excluding carboxylic acids is 2. The molecule has 0 aromatic rings. The number of nitrogens with zero attached hydrogens (tertiary/aromatic N) is 1. The van der Waals surface area contributed by atoms with Gasteiger partial charge in [0, 0.05) is 32.1 Å².